The summed E-state index contributed by atoms with van der Waals surface area (Å²) < 4.78 is 15.7. The molecule has 1 atom stereocenters. The number of carbonyl (C=O) groups excluding carboxylic acids is 2. The van der Waals surface area contributed by atoms with E-state index in [1.807, 2.05) is 20.8 Å². The quantitative estimate of drug-likeness (QED) is 0.397. The predicted molar refractivity (Wildman–Crippen MR) is 133 cm³/mol. The summed E-state index contributed by atoms with van der Waals surface area (Å²) in [6, 6.07) is 10.1. The van der Waals surface area contributed by atoms with Gasteiger partial charge in [-0.15, -0.1) is 0 Å². The van der Waals surface area contributed by atoms with E-state index in [0.717, 1.165) is 6.08 Å². The lowest BCUT2D eigenvalue weighted by Gasteiger charge is -2.32. The van der Waals surface area contributed by atoms with Gasteiger partial charge in [-0.05, 0) is 36.6 Å². The molecule has 2 aromatic rings. The number of benzene rings is 2. The molecule has 0 radical (unpaired) electrons. The van der Waals surface area contributed by atoms with Gasteiger partial charge in [0, 0.05) is 34.8 Å². The summed E-state index contributed by atoms with van der Waals surface area (Å²) in [5.74, 6) is -0.206. The van der Waals surface area contributed by atoms with Crippen molar-refractivity contribution < 1.29 is 28.9 Å². The first-order valence-electron chi connectivity index (χ1n) is 10.9. The van der Waals surface area contributed by atoms with E-state index in [1.54, 1.807) is 43.3 Å². The number of nitrogens with zero attached hydrogens (tertiary/aromatic N) is 1. The lowest BCUT2D eigenvalue weighted by Crippen LogP contribution is -2.38. The van der Waals surface area contributed by atoms with E-state index >= 15 is 0 Å². The summed E-state index contributed by atoms with van der Waals surface area (Å²) >= 11 is 6.29. The van der Waals surface area contributed by atoms with Crippen molar-refractivity contribution in [2.75, 3.05) is 32.3 Å². The smallest absolute Gasteiger partial charge is 0.330 e. The molecule has 2 rings (SSSR count). The van der Waals surface area contributed by atoms with Gasteiger partial charge in [0.25, 0.3) is 5.91 Å². The van der Waals surface area contributed by atoms with Crippen LogP contribution >= 0.6 is 11.6 Å². The molecule has 34 heavy (non-hydrogen) atoms. The molecule has 184 valence electrons. The lowest BCUT2D eigenvalue weighted by molar-refractivity contribution is -0.137. The molecule has 0 aliphatic carbocycles. The molecule has 0 aliphatic rings. The van der Waals surface area contributed by atoms with Gasteiger partial charge in [-0.1, -0.05) is 44.5 Å². The van der Waals surface area contributed by atoms with E-state index in [-0.39, 0.29) is 12.0 Å². The molecular weight excluding hydrogens is 458 g/mol. The summed E-state index contributed by atoms with van der Waals surface area (Å²) in [6.45, 7) is 8.17. The Labute approximate surface area is 205 Å². The first-order valence-corrected chi connectivity index (χ1v) is 11.2. The Morgan fingerprint density at radius 1 is 1.09 bits per heavy atom. The number of ether oxygens (including phenoxy) is 3. The number of esters is 1. The van der Waals surface area contributed by atoms with Gasteiger partial charge >= 0.3 is 5.97 Å². The van der Waals surface area contributed by atoms with E-state index in [0.29, 0.717) is 39.9 Å². The number of amides is 1. The van der Waals surface area contributed by atoms with Crippen molar-refractivity contribution in [2.24, 2.45) is 5.41 Å². The van der Waals surface area contributed by atoms with Gasteiger partial charge in [0.1, 0.15) is 6.10 Å². The zero-order valence-electron chi connectivity index (χ0n) is 20.4. The van der Waals surface area contributed by atoms with Crippen molar-refractivity contribution in [1.82, 2.24) is 0 Å². The zero-order chi connectivity index (χ0) is 25.5. The van der Waals surface area contributed by atoms with Crippen LogP contribution in [0.15, 0.2) is 48.6 Å². The predicted octanol–water partition coefficient (Wildman–Crippen LogP) is 4.94. The Hall–Kier alpha value is -3.03. The third-order valence-electron chi connectivity index (χ3n) is 4.85. The standard InChI is InChI=1S/C26H32ClNO6/c1-7-34-23(30)14-13-22(29)28(16-26(2,3)4)20-12-11-17(27)15-19(20)24(31)18-9-8-10-21(32-5)25(18)33-6/h8-15,24,31H,7,16H2,1-6H3/b14-13+. The Morgan fingerprint density at radius 2 is 1.79 bits per heavy atom. The average molecular weight is 490 g/mol. The second-order valence-corrected chi connectivity index (χ2v) is 9.20. The van der Waals surface area contributed by atoms with Crippen molar-refractivity contribution in [3.63, 3.8) is 0 Å². The second kappa shape index (κ2) is 11.9. The van der Waals surface area contributed by atoms with E-state index < -0.39 is 18.0 Å². The number of carbonyl (C=O) groups is 2. The van der Waals surface area contributed by atoms with Crippen LogP contribution in [-0.2, 0) is 14.3 Å². The number of methoxy groups -OCH3 is 2. The highest BCUT2D eigenvalue weighted by molar-refractivity contribution is 6.30. The van der Waals surface area contributed by atoms with E-state index in [2.05, 4.69) is 0 Å². The molecule has 1 amide bonds. The van der Waals surface area contributed by atoms with Crippen molar-refractivity contribution in [1.29, 1.82) is 0 Å². The monoisotopic (exact) mass is 489 g/mol. The molecule has 0 aromatic heterocycles. The van der Waals surface area contributed by atoms with Crippen LogP contribution in [0, 0.1) is 5.41 Å². The van der Waals surface area contributed by atoms with Crippen LogP contribution in [0.4, 0.5) is 5.69 Å². The Balaban J connectivity index is 2.62. The van der Waals surface area contributed by atoms with E-state index in [9.17, 15) is 14.7 Å². The molecule has 0 aliphatic heterocycles. The lowest BCUT2D eigenvalue weighted by atomic mass is 9.93. The molecule has 0 fully saturated rings. The summed E-state index contributed by atoms with van der Waals surface area (Å²) in [6.07, 6.45) is 1.09. The molecule has 0 bridgehead atoms. The first kappa shape index (κ1) is 27.2. The number of hydrogen-bond donors (Lipinski definition) is 1. The first-order chi connectivity index (χ1) is 16.0. The summed E-state index contributed by atoms with van der Waals surface area (Å²) in [5, 5.41) is 11.8. The van der Waals surface area contributed by atoms with Crippen molar-refractivity contribution >= 4 is 29.2 Å². The maximum absolute atomic E-state index is 13.2. The minimum atomic E-state index is -1.18. The number of rotatable bonds is 9. The number of para-hydroxylation sites is 1. The Bertz CT molecular complexity index is 1040. The SMILES string of the molecule is CCOC(=O)/C=C/C(=O)N(CC(C)(C)C)c1ccc(Cl)cc1C(O)c1cccc(OC)c1OC. The minimum absolute atomic E-state index is 0.207. The fraction of sp³-hybridized carbons (Fsp3) is 0.385. The van der Waals surface area contributed by atoms with Crippen LogP contribution in [0.3, 0.4) is 0 Å². The van der Waals surface area contributed by atoms with Gasteiger partial charge in [-0.2, -0.15) is 0 Å². The Kier molecular flexibility index (Phi) is 9.53. The number of anilines is 1. The molecular formula is C26H32ClNO6. The molecule has 0 spiro atoms. The van der Waals surface area contributed by atoms with Crippen molar-refractivity contribution in [3.8, 4) is 11.5 Å². The van der Waals surface area contributed by atoms with Crippen LogP contribution in [0.5, 0.6) is 11.5 Å². The summed E-state index contributed by atoms with van der Waals surface area (Å²) in [5.41, 5.74) is 1.02. The summed E-state index contributed by atoms with van der Waals surface area (Å²) in [7, 11) is 3.00. The largest absolute Gasteiger partial charge is 0.493 e. The van der Waals surface area contributed by atoms with E-state index in [1.165, 1.54) is 25.2 Å². The van der Waals surface area contributed by atoms with Crippen LogP contribution < -0.4 is 14.4 Å². The Morgan fingerprint density at radius 3 is 2.38 bits per heavy atom. The zero-order valence-corrected chi connectivity index (χ0v) is 21.2. The molecule has 1 N–H and O–H groups in total. The van der Waals surface area contributed by atoms with Crippen LogP contribution in [0.25, 0.3) is 0 Å². The third kappa shape index (κ3) is 6.98. The van der Waals surface area contributed by atoms with Crippen LogP contribution in [0.2, 0.25) is 5.02 Å². The van der Waals surface area contributed by atoms with Crippen LogP contribution in [-0.4, -0.2) is 44.4 Å². The molecule has 7 nitrogen and oxygen atoms in total. The minimum Gasteiger partial charge on any atom is -0.493 e. The van der Waals surface area contributed by atoms with Gasteiger partial charge in [0.15, 0.2) is 11.5 Å². The summed E-state index contributed by atoms with van der Waals surface area (Å²) in [4.78, 5) is 26.5. The topological polar surface area (TPSA) is 85.3 Å². The molecule has 2 aromatic carbocycles. The number of aliphatic hydroxyl groups excluding tert-OH is 1. The molecule has 0 saturated carbocycles. The maximum atomic E-state index is 13.2. The molecule has 0 saturated heterocycles. The van der Waals surface area contributed by atoms with E-state index in [4.69, 9.17) is 25.8 Å². The van der Waals surface area contributed by atoms with Gasteiger partial charge in [0.05, 0.1) is 26.5 Å². The number of aliphatic hydroxyl groups is 1. The highest BCUT2D eigenvalue weighted by Crippen LogP contribution is 2.41. The van der Waals surface area contributed by atoms with Gasteiger partial charge < -0.3 is 24.2 Å². The molecule has 1 unspecified atom stereocenters. The van der Waals surface area contributed by atoms with Gasteiger partial charge in [-0.25, -0.2) is 4.79 Å². The third-order valence-corrected chi connectivity index (χ3v) is 5.09. The van der Waals surface area contributed by atoms with Gasteiger partial charge in [-0.3, -0.25) is 4.79 Å². The fourth-order valence-corrected chi connectivity index (χ4v) is 3.64. The second-order valence-electron chi connectivity index (χ2n) is 8.76. The average Bonchev–Trinajstić information content (AvgIpc) is 2.79. The normalized spacial score (nSPS) is 12.4. The highest BCUT2D eigenvalue weighted by Gasteiger charge is 2.28. The maximum Gasteiger partial charge on any atom is 0.330 e. The van der Waals surface area contributed by atoms with Gasteiger partial charge in [0.2, 0.25) is 0 Å². The fourth-order valence-electron chi connectivity index (χ4n) is 3.46. The number of hydrogen-bond acceptors (Lipinski definition) is 6. The van der Waals surface area contributed by atoms with Crippen molar-refractivity contribution in [2.45, 2.75) is 33.8 Å². The highest BCUT2D eigenvalue weighted by atomic mass is 35.5. The molecule has 0 heterocycles. The van der Waals surface area contributed by atoms with Crippen molar-refractivity contribution in [3.05, 3.63) is 64.7 Å². The number of halogens is 1. The molecule has 8 heteroatoms. The van der Waals surface area contributed by atoms with Crippen LogP contribution in [0.1, 0.15) is 44.9 Å².